The lowest BCUT2D eigenvalue weighted by atomic mass is 9.91. The van der Waals surface area contributed by atoms with E-state index in [4.69, 9.17) is 4.74 Å². The Morgan fingerprint density at radius 1 is 1.32 bits per heavy atom. The van der Waals surface area contributed by atoms with E-state index in [0.29, 0.717) is 24.2 Å². The van der Waals surface area contributed by atoms with E-state index in [1.807, 2.05) is 12.1 Å². The summed E-state index contributed by atoms with van der Waals surface area (Å²) < 4.78 is 28.1. The summed E-state index contributed by atoms with van der Waals surface area (Å²) >= 11 is 0. The lowest BCUT2D eigenvalue weighted by Gasteiger charge is -2.25. The van der Waals surface area contributed by atoms with Crippen LogP contribution in [-0.4, -0.2) is 32.1 Å². The molecule has 0 spiro atoms. The van der Waals surface area contributed by atoms with E-state index in [9.17, 15) is 13.5 Å². The predicted octanol–water partition coefficient (Wildman–Crippen LogP) is 2.12. The molecular formula is C14H22O4S. The summed E-state index contributed by atoms with van der Waals surface area (Å²) in [7, 11) is -1.43. The SMILES string of the molecule is CCS(=O)(=O)CCCC(C)(O)c1ccccc1OC. The van der Waals surface area contributed by atoms with E-state index >= 15 is 0 Å². The van der Waals surface area contributed by atoms with Crippen LogP contribution in [0.15, 0.2) is 24.3 Å². The molecule has 108 valence electrons. The molecule has 0 amide bonds. The van der Waals surface area contributed by atoms with Crippen molar-refractivity contribution in [3.05, 3.63) is 29.8 Å². The van der Waals surface area contributed by atoms with Crippen LogP contribution in [0.4, 0.5) is 0 Å². The van der Waals surface area contributed by atoms with Gasteiger partial charge in [0.25, 0.3) is 0 Å². The molecule has 0 radical (unpaired) electrons. The van der Waals surface area contributed by atoms with Crippen LogP contribution in [0.2, 0.25) is 0 Å². The Morgan fingerprint density at radius 3 is 2.53 bits per heavy atom. The normalized spacial score (nSPS) is 14.9. The van der Waals surface area contributed by atoms with Gasteiger partial charge in [-0.1, -0.05) is 25.1 Å². The van der Waals surface area contributed by atoms with Crippen LogP contribution in [-0.2, 0) is 15.4 Å². The number of hydrogen-bond acceptors (Lipinski definition) is 4. The third kappa shape index (κ3) is 4.51. The van der Waals surface area contributed by atoms with Crippen molar-refractivity contribution in [1.82, 2.24) is 0 Å². The van der Waals surface area contributed by atoms with Crippen molar-refractivity contribution < 1.29 is 18.3 Å². The van der Waals surface area contributed by atoms with E-state index in [1.54, 1.807) is 33.1 Å². The minimum Gasteiger partial charge on any atom is -0.496 e. The Morgan fingerprint density at radius 2 is 1.95 bits per heavy atom. The van der Waals surface area contributed by atoms with E-state index in [0.717, 1.165) is 0 Å². The fraction of sp³-hybridized carbons (Fsp3) is 0.571. The van der Waals surface area contributed by atoms with Crippen molar-refractivity contribution in [2.24, 2.45) is 0 Å². The standard InChI is InChI=1S/C14H22O4S/c1-4-19(16,17)11-7-10-14(2,15)12-8-5-6-9-13(12)18-3/h5-6,8-9,15H,4,7,10-11H2,1-3H3. The highest BCUT2D eigenvalue weighted by molar-refractivity contribution is 7.91. The van der Waals surface area contributed by atoms with Crippen molar-refractivity contribution in [3.8, 4) is 5.75 Å². The summed E-state index contributed by atoms with van der Waals surface area (Å²) in [6, 6.07) is 7.24. The smallest absolute Gasteiger partial charge is 0.150 e. The second-order valence-corrected chi connectivity index (χ2v) is 7.29. The number of para-hydroxylation sites is 1. The summed E-state index contributed by atoms with van der Waals surface area (Å²) in [5, 5.41) is 10.5. The number of aliphatic hydroxyl groups is 1. The van der Waals surface area contributed by atoms with Gasteiger partial charge in [-0.05, 0) is 25.8 Å². The van der Waals surface area contributed by atoms with E-state index < -0.39 is 15.4 Å². The van der Waals surface area contributed by atoms with Crippen molar-refractivity contribution >= 4 is 9.84 Å². The summed E-state index contributed by atoms with van der Waals surface area (Å²) in [5.41, 5.74) is -0.401. The van der Waals surface area contributed by atoms with Crippen molar-refractivity contribution in [2.75, 3.05) is 18.6 Å². The Bertz CT molecular complexity index is 506. The number of methoxy groups -OCH3 is 1. The van der Waals surface area contributed by atoms with Crippen molar-refractivity contribution in [3.63, 3.8) is 0 Å². The quantitative estimate of drug-likeness (QED) is 0.834. The van der Waals surface area contributed by atoms with Gasteiger partial charge >= 0.3 is 0 Å². The molecule has 0 aliphatic heterocycles. The largest absolute Gasteiger partial charge is 0.496 e. The van der Waals surface area contributed by atoms with Crippen LogP contribution >= 0.6 is 0 Å². The molecule has 19 heavy (non-hydrogen) atoms. The minimum absolute atomic E-state index is 0.106. The molecule has 0 aliphatic carbocycles. The highest BCUT2D eigenvalue weighted by atomic mass is 32.2. The van der Waals surface area contributed by atoms with E-state index in [-0.39, 0.29) is 11.5 Å². The Labute approximate surface area is 115 Å². The number of rotatable bonds is 7. The van der Waals surface area contributed by atoms with Gasteiger partial charge < -0.3 is 9.84 Å². The zero-order valence-electron chi connectivity index (χ0n) is 11.7. The van der Waals surface area contributed by atoms with Crippen LogP contribution in [0, 0.1) is 0 Å². The van der Waals surface area contributed by atoms with Crippen LogP contribution in [0.1, 0.15) is 32.3 Å². The Kier molecular flexibility index (Phi) is 5.38. The number of ether oxygens (including phenoxy) is 1. The zero-order valence-corrected chi connectivity index (χ0v) is 12.5. The molecule has 0 bridgehead atoms. The molecule has 0 saturated carbocycles. The highest BCUT2D eigenvalue weighted by Crippen LogP contribution is 2.33. The van der Waals surface area contributed by atoms with Gasteiger partial charge in [0.15, 0.2) is 0 Å². The average Bonchev–Trinajstić information content (AvgIpc) is 2.38. The van der Waals surface area contributed by atoms with Crippen LogP contribution in [0.5, 0.6) is 5.75 Å². The first-order valence-electron chi connectivity index (χ1n) is 6.38. The predicted molar refractivity (Wildman–Crippen MR) is 76.1 cm³/mol. The first-order chi connectivity index (χ1) is 8.82. The van der Waals surface area contributed by atoms with Gasteiger partial charge in [-0.15, -0.1) is 0 Å². The molecule has 1 unspecified atom stereocenters. The third-order valence-corrected chi connectivity index (χ3v) is 5.04. The molecule has 1 rings (SSSR count). The maximum Gasteiger partial charge on any atom is 0.150 e. The molecule has 1 atom stereocenters. The number of hydrogen-bond donors (Lipinski definition) is 1. The molecule has 0 heterocycles. The van der Waals surface area contributed by atoms with Gasteiger partial charge in [0.2, 0.25) is 0 Å². The summed E-state index contributed by atoms with van der Waals surface area (Å²) in [6.07, 6.45) is 0.813. The van der Waals surface area contributed by atoms with Gasteiger partial charge in [-0.2, -0.15) is 0 Å². The fourth-order valence-corrected chi connectivity index (χ4v) is 2.88. The molecule has 1 aromatic carbocycles. The molecule has 0 aromatic heterocycles. The second-order valence-electron chi connectivity index (χ2n) is 4.81. The van der Waals surface area contributed by atoms with E-state index in [2.05, 4.69) is 0 Å². The van der Waals surface area contributed by atoms with Crippen LogP contribution in [0.3, 0.4) is 0 Å². The minimum atomic E-state index is -2.98. The van der Waals surface area contributed by atoms with Crippen LogP contribution in [0.25, 0.3) is 0 Å². The average molecular weight is 286 g/mol. The third-order valence-electron chi connectivity index (χ3n) is 3.25. The molecule has 0 aliphatic rings. The summed E-state index contributed by atoms with van der Waals surface area (Å²) in [5.74, 6) is 0.865. The lowest BCUT2D eigenvalue weighted by molar-refractivity contribution is 0.0447. The molecular weight excluding hydrogens is 264 g/mol. The molecule has 4 nitrogen and oxygen atoms in total. The molecule has 5 heteroatoms. The van der Waals surface area contributed by atoms with Gasteiger partial charge in [0.05, 0.1) is 18.5 Å². The topological polar surface area (TPSA) is 63.6 Å². The molecule has 0 saturated heterocycles. The summed E-state index contributed by atoms with van der Waals surface area (Å²) in [4.78, 5) is 0. The first kappa shape index (κ1) is 16.0. The van der Waals surface area contributed by atoms with Gasteiger partial charge in [0.1, 0.15) is 15.6 Å². The lowest BCUT2D eigenvalue weighted by Crippen LogP contribution is -2.23. The maximum atomic E-state index is 11.4. The second kappa shape index (κ2) is 6.39. The molecule has 0 fully saturated rings. The van der Waals surface area contributed by atoms with Crippen molar-refractivity contribution in [1.29, 1.82) is 0 Å². The molecule has 1 aromatic rings. The maximum absolute atomic E-state index is 11.4. The number of benzene rings is 1. The van der Waals surface area contributed by atoms with Gasteiger partial charge in [-0.3, -0.25) is 0 Å². The number of sulfone groups is 1. The van der Waals surface area contributed by atoms with Crippen molar-refractivity contribution in [2.45, 2.75) is 32.3 Å². The monoisotopic (exact) mass is 286 g/mol. The Balaban J connectivity index is 2.76. The van der Waals surface area contributed by atoms with Gasteiger partial charge in [-0.25, -0.2) is 8.42 Å². The Hall–Kier alpha value is -1.07. The van der Waals surface area contributed by atoms with Gasteiger partial charge in [0, 0.05) is 11.3 Å². The van der Waals surface area contributed by atoms with E-state index in [1.165, 1.54) is 0 Å². The molecule has 1 N–H and O–H groups in total. The fourth-order valence-electron chi connectivity index (χ4n) is 2.00. The highest BCUT2D eigenvalue weighted by Gasteiger charge is 2.26. The van der Waals surface area contributed by atoms with Crippen LogP contribution < -0.4 is 4.74 Å². The summed E-state index contributed by atoms with van der Waals surface area (Å²) in [6.45, 7) is 3.32. The zero-order chi connectivity index (χ0) is 14.5. The first-order valence-corrected chi connectivity index (χ1v) is 8.21.